The van der Waals surface area contributed by atoms with Gasteiger partial charge in [0.2, 0.25) is 0 Å². The van der Waals surface area contributed by atoms with Crippen molar-refractivity contribution < 1.29 is 19.1 Å². The average Bonchev–Trinajstić information content (AvgIpc) is 2.98. The zero-order valence-electron chi connectivity index (χ0n) is 15.2. The Morgan fingerprint density at radius 3 is 2.33 bits per heavy atom. The van der Waals surface area contributed by atoms with Crippen molar-refractivity contribution in [1.82, 2.24) is 10.6 Å². The topological polar surface area (TPSA) is 76.7 Å². The first-order chi connectivity index (χ1) is 11.3. The van der Waals surface area contributed by atoms with E-state index in [0.717, 1.165) is 51.6 Å². The van der Waals surface area contributed by atoms with Crippen LogP contribution in [-0.4, -0.2) is 42.9 Å². The van der Waals surface area contributed by atoms with Gasteiger partial charge >= 0.3 is 12.1 Å². The van der Waals surface area contributed by atoms with Crippen molar-refractivity contribution in [1.29, 1.82) is 0 Å². The van der Waals surface area contributed by atoms with Crippen molar-refractivity contribution in [3.63, 3.8) is 0 Å². The van der Waals surface area contributed by atoms with Gasteiger partial charge in [0.25, 0.3) is 0 Å². The molecule has 2 fully saturated rings. The average molecular weight is 340 g/mol. The summed E-state index contributed by atoms with van der Waals surface area (Å²) >= 11 is 0. The molecule has 1 aliphatic carbocycles. The lowest BCUT2D eigenvalue weighted by Crippen LogP contribution is -2.46. The Balaban J connectivity index is 1.93. The molecule has 1 saturated carbocycles. The van der Waals surface area contributed by atoms with E-state index in [1.54, 1.807) is 0 Å². The molecule has 2 rings (SSSR count). The molecule has 0 aromatic rings. The summed E-state index contributed by atoms with van der Waals surface area (Å²) in [5.41, 5.74) is -0.585. The van der Waals surface area contributed by atoms with Crippen molar-refractivity contribution in [2.75, 3.05) is 13.1 Å². The second kappa shape index (κ2) is 8.70. The number of hydrogen-bond acceptors (Lipinski definition) is 5. The lowest BCUT2D eigenvalue weighted by atomic mass is 9.91. The third kappa shape index (κ3) is 6.67. The molecule has 0 bridgehead atoms. The predicted molar refractivity (Wildman–Crippen MR) is 91.7 cm³/mol. The highest BCUT2D eigenvalue weighted by Crippen LogP contribution is 2.23. The SMILES string of the molecule is CC(C)(C)OC(=O)N[C@@H](CC1CCNCC1)C(=O)OC1CCCC1. The Morgan fingerprint density at radius 1 is 1.12 bits per heavy atom. The van der Waals surface area contributed by atoms with Crippen LogP contribution in [0.25, 0.3) is 0 Å². The van der Waals surface area contributed by atoms with Gasteiger partial charge in [-0.05, 0) is 84.7 Å². The maximum absolute atomic E-state index is 12.6. The molecule has 1 amide bonds. The molecule has 0 aromatic carbocycles. The second-order valence-corrected chi connectivity index (χ2v) is 7.97. The standard InChI is InChI=1S/C18H32N2O4/c1-18(2,3)24-17(22)20-15(12-13-8-10-19-11-9-13)16(21)23-14-6-4-5-7-14/h13-15,19H,4-12H2,1-3H3,(H,20,22)/t15-/m0/s1. The molecule has 6 nitrogen and oxygen atoms in total. The molecule has 0 spiro atoms. The Morgan fingerprint density at radius 2 is 1.75 bits per heavy atom. The minimum Gasteiger partial charge on any atom is -0.461 e. The molecule has 138 valence electrons. The fourth-order valence-corrected chi connectivity index (χ4v) is 3.37. The van der Waals surface area contributed by atoms with E-state index in [0.29, 0.717) is 12.3 Å². The van der Waals surface area contributed by atoms with Crippen molar-refractivity contribution in [3.05, 3.63) is 0 Å². The number of nitrogens with one attached hydrogen (secondary N) is 2. The third-order valence-corrected chi connectivity index (χ3v) is 4.59. The van der Waals surface area contributed by atoms with Crippen molar-refractivity contribution in [2.24, 2.45) is 5.92 Å². The molecular weight excluding hydrogens is 308 g/mol. The third-order valence-electron chi connectivity index (χ3n) is 4.59. The number of piperidine rings is 1. The van der Waals surface area contributed by atoms with E-state index in [-0.39, 0.29) is 12.1 Å². The van der Waals surface area contributed by atoms with Crippen LogP contribution in [0.4, 0.5) is 4.79 Å². The number of rotatable bonds is 5. The summed E-state index contributed by atoms with van der Waals surface area (Å²) in [4.78, 5) is 24.7. The molecule has 1 saturated heterocycles. The highest BCUT2D eigenvalue weighted by Gasteiger charge is 2.31. The van der Waals surface area contributed by atoms with Crippen LogP contribution in [0.5, 0.6) is 0 Å². The molecule has 2 aliphatic rings. The predicted octanol–water partition coefficient (Wildman–Crippen LogP) is 2.76. The Labute approximate surface area is 145 Å². The number of hydrogen-bond donors (Lipinski definition) is 2. The van der Waals surface area contributed by atoms with Gasteiger partial charge in [-0.2, -0.15) is 0 Å². The minimum absolute atomic E-state index is 0.00783. The zero-order chi connectivity index (χ0) is 17.6. The van der Waals surface area contributed by atoms with Crippen LogP contribution in [-0.2, 0) is 14.3 Å². The second-order valence-electron chi connectivity index (χ2n) is 7.97. The number of amides is 1. The minimum atomic E-state index is -0.622. The van der Waals surface area contributed by atoms with Gasteiger partial charge in [-0.1, -0.05) is 0 Å². The molecular formula is C18H32N2O4. The number of esters is 1. The van der Waals surface area contributed by atoms with Crippen molar-refractivity contribution in [2.45, 2.75) is 83.5 Å². The first-order valence-corrected chi connectivity index (χ1v) is 9.24. The van der Waals surface area contributed by atoms with Crippen LogP contribution in [0.15, 0.2) is 0 Å². The molecule has 0 unspecified atom stereocenters. The van der Waals surface area contributed by atoms with Crippen molar-refractivity contribution in [3.8, 4) is 0 Å². The van der Waals surface area contributed by atoms with E-state index < -0.39 is 17.7 Å². The van der Waals surface area contributed by atoms with Crippen LogP contribution >= 0.6 is 0 Å². The molecule has 1 heterocycles. The molecule has 6 heteroatoms. The van der Waals surface area contributed by atoms with E-state index in [1.807, 2.05) is 20.8 Å². The fraction of sp³-hybridized carbons (Fsp3) is 0.889. The van der Waals surface area contributed by atoms with E-state index >= 15 is 0 Å². The lowest BCUT2D eigenvalue weighted by Gasteiger charge is -2.28. The van der Waals surface area contributed by atoms with Crippen LogP contribution in [0, 0.1) is 5.92 Å². The van der Waals surface area contributed by atoms with Gasteiger partial charge < -0.3 is 20.1 Å². The summed E-state index contributed by atoms with van der Waals surface area (Å²) in [5, 5.41) is 6.06. The smallest absolute Gasteiger partial charge is 0.408 e. The van der Waals surface area contributed by atoms with Crippen LogP contribution < -0.4 is 10.6 Å². The highest BCUT2D eigenvalue weighted by molar-refractivity contribution is 5.81. The lowest BCUT2D eigenvalue weighted by molar-refractivity contribution is -0.151. The van der Waals surface area contributed by atoms with Gasteiger partial charge in [-0.25, -0.2) is 9.59 Å². The maximum Gasteiger partial charge on any atom is 0.408 e. The Hall–Kier alpha value is -1.30. The number of carbonyl (C=O) groups is 2. The van der Waals surface area contributed by atoms with E-state index in [1.165, 1.54) is 0 Å². The molecule has 0 radical (unpaired) electrons. The van der Waals surface area contributed by atoms with Crippen LogP contribution in [0.1, 0.15) is 65.7 Å². The van der Waals surface area contributed by atoms with Crippen LogP contribution in [0.2, 0.25) is 0 Å². The number of ether oxygens (including phenoxy) is 2. The molecule has 24 heavy (non-hydrogen) atoms. The fourth-order valence-electron chi connectivity index (χ4n) is 3.37. The van der Waals surface area contributed by atoms with E-state index in [4.69, 9.17) is 9.47 Å². The van der Waals surface area contributed by atoms with Gasteiger partial charge in [-0.15, -0.1) is 0 Å². The zero-order valence-corrected chi connectivity index (χ0v) is 15.2. The van der Waals surface area contributed by atoms with Gasteiger partial charge in [0.05, 0.1) is 0 Å². The number of carbonyl (C=O) groups excluding carboxylic acids is 2. The molecule has 1 aliphatic heterocycles. The summed E-state index contributed by atoms with van der Waals surface area (Å²) in [5.74, 6) is 0.105. The first-order valence-electron chi connectivity index (χ1n) is 9.24. The van der Waals surface area contributed by atoms with Crippen molar-refractivity contribution >= 4 is 12.1 Å². The van der Waals surface area contributed by atoms with Gasteiger partial charge in [0.15, 0.2) is 0 Å². The van der Waals surface area contributed by atoms with E-state index in [9.17, 15) is 9.59 Å². The van der Waals surface area contributed by atoms with Crippen LogP contribution in [0.3, 0.4) is 0 Å². The molecule has 1 atom stereocenters. The summed E-state index contributed by atoms with van der Waals surface area (Å²) < 4.78 is 10.9. The molecule has 0 aromatic heterocycles. The highest BCUT2D eigenvalue weighted by atomic mass is 16.6. The summed E-state index contributed by atoms with van der Waals surface area (Å²) in [6.45, 7) is 7.35. The largest absolute Gasteiger partial charge is 0.461 e. The molecule has 2 N–H and O–H groups in total. The van der Waals surface area contributed by atoms with Gasteiger partial charge in [0.1, 0.15) is 17.7 Å². The maximum atomic E-state index is 12.6. The summed E-state index contributed by atoms with van der Waals surface area (Å²) in [6.07, 6.45) is 6.18. The Kier molecular flexibility index (Phi) is 6.90. The quantitative estimate of drug-likeness (QED) is 0.753. The van der Waals surface area contributed by atoms with Gasteiger partial charge in [0, 0.05) is 0 Å². The van der Waals surface area contributed by atoms with Gasteiger partial charge in [-0.3, -0.25) is 0 Å². The normalized spacial score (nSPS) is 21.3. The summed E-state index contributed by atoms with van der Waals surface area (Å²) in [6, 6.07) is -0.622. The number of alkyl carbamates (subject to hydrolysis) is 1. The van der Waals surface area contributed by atoms with E-state index in [2.05, 4.69) is 10.6 Å². The first kappa shape index (κ1) is 19.0. The summed E-state index contributed by atoms with van der Waals surface area (Å²) in [7, 11) is 0. The monoisotopic (exact) mass is 340 g/mol. The Bertz CT molecular complexity index is 421.